The van der Waals surface area contributed by atoms with Crippen LogP contribution in [0.5, 0.6) is 0 Å². The number of nitrogens with one attached hydrogen (secondary N) is 1. The lowest BCUT2D eigenvalue weighted by Crippen LogP contribution is -2.38. The number of hydrazine groups is 1. The van der Waals surface area contributed by atoms with Gasteiger partial charge in [-0.2, -0.15) is 5.26 Å². The third-order valence-electron chi connectivity index (χ3n) is 3.43. The van der Waals surface area contributed by atoms with Crippen molar-refractivity contribution in [3.8, 4) is 6.07 Å². The van der Waals surface area contributed by atoms with Crippen molar-refractivity contribution in [3.63, 3.8) is 0 Å². The fourth-order valence-corrected chi connectivity index (χ4v) is 3.21. The lowest BCUT2D eigenvalue weighted by atomic mass is 10.1. The summed E-state index contributed by atoms with van der Waals surface area (Å²) in [5, 5.41) is 11.8. The molecule has 21 heavy (non-hydrogen) atoms. The van der Waals surface area contributed by atoms with Crippen LogP contribution in [0.4, 0.5) is 0 Å². The maximum absolute atomic E-state index is 8.83. The number of nitriles is 1. The van der Waals surface area contributed by atoms with Crippen LogP contribution in [0, 0.1) is 11.3 Å². The van der Waals surface area contributed by atoms with Crippen LogP contribution in [0.15, 0.2) is 24.8 Å². The van der Waals surface area contributed by atoms with Gasteiger partial charge in [0.25, 0.3) is 0 Å². The molecule has 3 rings (SSSR count). The summed E-state index contributed by atoms with van der Waals surface area (Å²) in [6.07, 6.45) is 6.05. The fraction of sp³-hybridized carbons (Fsp3) is 0.308. The van der Waals surface area contributed by atoms with Crippen LogP contribution in [-0.4, -0.2) is 29.4 Å². The summed E-state index contributed by atoms with van der Waals surface area (Å²) in [6, 6.07) is 4.36. The number of aromatic nitrogens is 3. The topological polar surface area (TPSA) is 69.8 Å². The van der Waals surface area contributed by atoms with Crippen molar-refractivity contribution in [2.45, 2.75) is 23.4 Å². The molecule has 3 unspecified atom stereocenters. The van der Waals surface area contributed by atoms with Gasteiger partial charge in [0.2, 0.25) is 0 Å². The van der Waals surface area contributed by atoms with Crippen LogP contribution in [0.2, 0.25) is 0 Å². The molecule has 0 bridgehead atoms. The zero-order valence-corrected chi connectivity index (χ0v) is 14.7. The average Bonchev–Trinajstić information content (AvgIpc) is 3.03. The molecule has 1 aliphatic rings. The van der Waals surface area contributed by atoms with Crippen molar-refractivity contribution in [1.29, 1.82) is 5.26 Å². The van der Waals surface area contributed by atoms with E-state index in [9.17, 15) is 0 Å². The van der Waals surface area contributed by atoms with Gasteiger partial charge in [0.15, 0.2) is 0 Å². The van der Waals surface area contributed by atoms with E-state index in [1.165, 1.54) is 0 Å². The molecule has 3 atom stereocenters. The molecule has 1 N–H and O–H groups in total. The molecule has 1 aliphatic heterocycles. The number of hydrogen-bond acceptors (Lipinski definition) is 5. The first-order chi connectivity index (χ1) is 10.1. The van der Waals surface area contributed by atoms with Crippen LogP contribution in [0.25, 0.3) is 16.6 Å². The molecule has 108 valence electrons. The molecule has 2 aromatic heterocycles. The summed E-state index contributed by atoms with van der Waals surface area (Å²) < 4.78 is 2.00. The predicted molar refractivity (Wildman–Crippen MR) is 93.1 cm³/mol. The summed E-state index contributed by atoms with van der Waals surface area (Å²) in [6.45, 7) is 2.09. The minimum atomic E-state index is 0.0937. The first-order valence-electron chi connectivity index (χ1n) is 6.46. The quantitative estimate of drug-likeness (QED) is 0.363. The largest absolute Gasteiger partial charge is 0.317 e. The van der Waals surface area contributed by atoms with E-state index in [1.54, 1.807) is 6.33 Å². The highest BCUT2D eigenvalue weighted by Crippen LogP contribution is 2.30. The Hall–Kier alpha value is -1.23. The maximum Gasteiger partial charge on any atom is 0.146 e. The second-order valence-electron chi connectivity index (χ2n) is 4.82. The third-order valence-corrected chi connectivity index (χ3v) is 4.89. The number of nitrogens with zero attached hydrogens (tertiary/aromatic N) is 5. The van der Waals surface area contributed by atoms with Gasteiger partial charge in [-0.3, -0.25) is 0 Å². The fourth-order valence-electron chi connectivity index (χ4n) is 2.39. The van der Waals surface area contributed by atoms with Crippen molar-refractivity contribution < 1.29 is 0 Å². The first kappa shape index (κ1) is 14.7. The Balaban J connectivity index is 2.02. The van der Waals surface area contributed by atoms with Gasteiger partial charge in [-0.15, -0.1) is 0 Å². The van der Waals surface area contributed by atoms with E-state index in [4.69, 9.17) is 5.26 Å². The molecular weight excluding hydrogens is 398 g/mol. The first-order valence-corrected chi connectivity index (χ1v) is 8.22. The lowest BCUT2D eigenvalue weighted by Gasteiger charge is -2.22. The zero-order chi connectivity index (χ0) is 15.0. The molecule has 8 heteroatoms. The second-order valence-corrected chi connectivity index (χ2v) is 6.82. The Morgan fingerprint density at radius 3 is 3.14 bits per heavy atom. The number of rotatable bonds is 3. The normalized spacial score (nSPS) is 19.6. The summed E-state index contributed by atoms with van der Waals surface area (Å²) in [5.41, 5.74) is 6.30. The molecular formula is C13H14IN6P. The van der Waals surface area contributed by atoms with Gasteiger partial charge in [-0.25, -0.2) is 15.4 Å². The van der Waals surface area contributed by atoms with Gasteiger partial charge < -0.3 is 9.35 Å². The molecule has 0 saturated heterocycles. The molecule has 0 aliphatic carbocycles. The van der Waals surface area contributed by atoms with Crippen molar-refractivity contribution in [2.24, 2.45) is 0 Å². The van der Waals surface area contributed by atoms with Crippen LogP contribution >= 0.6 is 32.0 Å². The van der Waals surface area contributed by atoms with E-state index in [0.29, 0.717) is 6.42 Å². The van der Waals surface area contributed by atoms with Gasteiger partial charge in [-0.05, 0) is 22.4 Å². The Labute approximate surface area is 138 Å². The van der Waals surface area contributed by atoms with Gasteiger partial charge in [0.1, 0.15) is 16.0 Å². The van der Waals surface area contributed by atoms with Crippen molar-refractivity contribution in [1.82, 2.24) is 24.7 Å². The van der Waals surface area contributed by atoms with E-state index < -0.39 is 0 Å². The van der Waals surface area contributed by atoms with Gasteiger partial charge in [0, 0.05) is 23.4 Å². The number of alkyl halides is 1. The van der Waals surface area contributed by atoms with Crippen molar-refractivity contribution in [3.05, 3.63) is 30.5 Å². The van der Waals surface area contributed by atoms with Crippen molar-refractivity contribution >= 4 is 48.6 Å². The van der Waals surface area contributed by atoms with E-state index in [2.05, 4.69) is 60.4 Å². The Morgan fingerprint density at radius 2 is 2.38 bits per heavy atom. The zero-order valence-electron chi connectivity index (χ0n) is 11.4. The molecule has 0 fully saturated rings. The number of halogens is 1. The molecule has 0 amide bonds. The minimum Gasteiger partial charge on any atom is -0.317 e. The molecule has 6 nitrogen and oxygen atoms in total. The molecule has 0 spiro atoms. The van der Waals surface area contributed by atoms with Crippen LogP contribution in [0.1, 0.15) is 19.0 Å². The summed E-state index contributed by atoms with van der Waals surface area (Å²) in [5.74, 6) is 0. The van der Waals surface area contributed by atoms with Gasteiger partial charge >= 0.3 is 0 Å². The minimum absolute atomic E-state index is 0.0937. The number of fused-ring (bicyclic) bond motifs is 1. The van der Waals surface area contributed by atoms with Crippen LogP contribution in [0.3, 0.4) is 0 Å². The van der Waals surface area contributed by atoms with Crippen LogP contribution < -0.4 is 5.43 Å². The highest BCUT2D eigenvalue weighted by Gasteiger charge is 2.27. The average molecular weight is 412 g/mol. The summed E-state index contributed by atoms with van der Waals surface area (Å²) >= 11 is 2.26. The smallest absolute Gasteiger partial charge is 0.146 e. The van der Waals surface area contributed by atoms with E-state index in [-0.39, 0.29) is 10.1 Å². The van der Waals surface area contributed by atoms with Crippen LogP contribution in [-0.2, 0) is 0 Å². The van der Waals surface area contributed by atoms with Crippen molar-refractivity contribution in [2.75, 3.05) is 0 Å². The Kier molecular flexibility index (Phi) is 4.11. The van der Waals surface area contributed by atoms with Gasteiger partial charge in [-0.1, -0.05) is 22.6 Å². The monoisotopic (exact) mass is 412 g/mol. The predicted octanol–water partition coefficient (Wildman–Crippen LogP) is 2.29. The second kappa shape index (κ2) is 5.87. The maximum atomic E-state index is 8.83. The standard InChI is InChI=1S/C13H14IN6P/c1-8-10(6-19(18-8)11(14)2-4-15)12-9-3-5-20(21)13(9)17-7-16-12/h3,5-8,11,18H,2,21H2,1H3. The number of hydrogen-bond donors (Lipinski definition) is 1. The lowest BCUT2D eigenvalue weighted by molar-refractivity contribution is 0.275. The molecule has 0 radical (unpaired) electrons. The highest BCUT2D eigenvalue weighted by atomic mass is 127. The Bertz CT molecular complexity index is 749. The van der Waals surface area contributed by atoms with Gasteiger partial charge in [0.05, 0.1) is 24.2 Å². The van der Waals surface area contributed by atoms with E-state index in [0.717, 1.165) is 22.3 Å². The Morgan fingerprint density at radius 1 is 1.57 bits per heavy atom. The summed E-state index contributed by atoms with van der Waals surface area (Å²) in [4.78, 5) is 8.76. The molecule has 0 saturated carbocycles. The SMILES string of the molecule is CC1NN(C(I)CC#N)C=C1c1ncnc2c1ccn2P. The highest BCUT2D eigenvalue weighted by molar-refractivity contribution is 14.1. The summed E-state index contributed by atoms with van der Waals surface area (Å²) in [7, 11) is 2.62. The van der Waals surface area contributed by atoms with E-state index >= 15 is 0 Å². The molecule has 3 heterocycles. The van der Waals surface area contributed by atoms with E-state index in [1.807, 2.05) is 27.8 Å². The molecule has 2 aromatic rings. The third kappa shape index (κ3) is 2.63. The molecule has 0 aromatic carbocycles.